The van der Waals surface area contributed by atoms with E-state index >= 15 is 0 Å². The molecule has 0 aromatic heterocycles. The highest BCUT2D eigenvalue weighted by atomic mass is 19.1. The lowest BCUT2D eigenvalue weighted by atomic mass is 9.94. The van der Waals surface area contributed by atoms with Crippen LogP contribution in [0.2, 0.25) is 0 Å². The zero-order valence-corrected chi connectivity index (χ0v) is 11.7. The molecule has 2 rings (SSSR count). The van der Waals surface area contributed by atoms with E-state index in [9.17, 15) is 18.4 Å². The third-order valence-electron chi connectivity index (χ3n) is 3.24. The summed E-state index contributed by atoms with van der Waals surface area (Å²) in [7, 11) is 0. The van der Waals surface area contributed by atoms with Crippen molar-refractivity contribution in [2.24, 2.45) is 0 Å². The van der Waals surface area contributed by atoms with E-state index < -0.39 is 17.6 Å². The topological polar surface area (TPSA) is 54.4 Å². The number of ketones is 1. The number of Topliss-reactive ketones (excluding diaryl/α,β-unsaturated/α-hetero) is 1. The van der Waals surface area contributed by atoms with Crippen molar-refractivity contribution in [3.8, 4) is 11.1 Å². The van der Waals surface area contributed by atoms with Gasteiger partial charge in [-0.25, -0.2) is 8.78 Å². The first-order valence-electron chi connectivity index (χ1n) is 6.78. The molecule has 1 N–H and O–H groups in total. The summed E-state index contributed by atoms with van der Waals surface area (Å²) in [6.45, 7) is 0. The molecule has 0 radical (unpaired) electrons. The van der Waals surface area contributed by atoms with Crippen molar-refractivity contribution in [1.82, 2.24) is 0 Å². The number of benzene rings is 2. The number of carboxylic acids is 1. The van der Waals surface area contributed by atoms with E-state index in [1.807, 2.05) is 0 Å². The second kappa shape index (κ2) is 6.93. The number of carbonyl (C=O) groups is 2. The highest BCUT2D eigenvalue weighted by Crippen LogP contribution is 2.28. The predicted octanol–water partition coefficient (Wildman–Crippen LogP) is 4.07. The molecule has 0 unspecified atom stereocenters. The monoisotopic (exact) mass is 304 g/mol. The van der Waals surface area contributed by atoms with Gasteiger partial charge in [0.25, 0.3) is 0 Å². The molecule has 0 amide bonds. The van der Waals surface area contributed by atoms with Gasteiger partial charge in [0.1, 0.15) is 11.6 Å². The Bertz CT molecular complexity index is 711. The molecule has 0 heterocycles. The number of aliphatic carboxylic acids is 1. The van der Waals surface area contributed by atoms with Crippen molar-refractivity contribution < 1.29 is 23.5 Å². The summed E-state index contributed by atoms with van der Waals surface area (Å²) >= 11 is 0. The summed E-state index contributed by atoms with van der Waals surface area (Å²) in [5.41, 5.74) is 0.822. The van der Waals surface area contributed by atoms with E-state index in [0.717, 1.165) is 12.1 Å². The molecule has 0 aliphatic rings. The summed E-state index contributed by atoms with van der Waals surface area (Å²) in [5, 5.41) is 8.60. The first kappa shape index (κ1) is 15.8. The fourth-order valence-corrected chi connectivity index (χ4v) is 2.20. The number of carbonyl (C=O) groups excluding carboxylic acids is 1. The van der Waals surface area contributed by atoms with Crippen molar-refractivity contribution in [3.05, 3.63) is 59.7 Å². The summed E-state index contributed by atoms with van der Waals surface area (Å²) < 4.78 is 26.9. The maximum Gasteiger partial charge on any atom is 0.303 e. The molecule has 0 atom stereocenters. The highest BCUT2D eigenvalue weighted by Gasteiger charge is 2.15. The molecular weight excluding hydrogens is 290 g/mol. The zero-order chi connectivity index (χ0) is 16.1. The first-order chi connectivity index (χ1) is 10.5. The van der Waals surface area contributed by atoms with Crippen LogP contribution < -0.4 is 0 Å². The maximum atomic E-state index is 13.9. The van der Waals surface area contributed by atoms with Gasteiger partial charge >= 0.3 is 5.97 Å². The van der Waals surface area contributed by atoms with Gasteiger partial charge in [-0.3, -0.25) is 9.59 Å². The largest absolute Gasteiger partial charge is 0.481 e. The Morgan fingerprint density at radius 2 is 1.68 bits per heavy atom. The fourth-order valence-electron chi connectivity index (χ4n) is 2.20. The molecule has 2 aromatic carbocycles. The summed E-state index contributed by atoms with van der Waals surface area (Å²) in [5.74, 6) is -2.66. The quantitative estimate of drug-likeness (QED) is 0.818. The Hall–Kier alpha value is -2.56. The van der Waals surface area contributed by atoms with Crippen LogP contribution in [0.3, 0.4) is 0 Å². The average Bonchev–Trinajstić information content (AvgIpc) is 2.47. The van der Waals surface area contributed by atoms with E-state index in [1.165, 1.54) is 6.07 Å². The van der Waals surface area contributed by atoms with Crippen LogP contribution in [0.5, 0.6) is 0 Å². The molecule has 114 valence electrons. The normalized spacial score (nSPS) is 10.5. The molecule has 5 heteroatoms. The number of rotatable bonds is 6. The summed E-state index contributed by atoms with van der Waals surface area (Å²) in [4.78, 5) is 22.7. The van der Waals surface area contributed by atoms with E-state index in [0.29, 0.717) is 11.1 Å². The third-order valence-corrected chi connectivity index (χ3v) is 3.24. The van der Waals surface area contributed by atoms with Crippen molar-refractivity contribution >= 4 is 11.8 Å². The smallest absolute Gasteiger partial charge is 0.303 e. The van der Waals surface area contributed by atoms with Crippen LogP contribution in [0.25, 0.3) is 11.1 Å². The van der Waals surface area contributed by atoms with E-state index in [-0.39, 0.29) is 30.6 Å². The molecule has 3 nitrogen and oxygen atoms in total. The standard InChI is InChI=1S/C17H14F2O3/c18-11-8-9-13(15(19)10-11)12-4-1-2-5-14(12)16(20)6-3-7-17(21)22/h1-2,4-5,8-10H,3,6-7H2,(H,21,22). The van der Waals surface area contributed by atoms with Gasteiger partial charge in [0.15, 0.2) is 5.78 Å². The fraction of sp³-hybridized carbons (Fsp3) is 0.176. The third kappa shape index (κ3) is 3.75. The molecule has 0 aliphatic carbocycles. The molecule has 0 spiro atoms. The predicted molar refractivity (Wildman–Crippen MR) is 77.6 cm³/mol. The van der Waals surface area contributed by atoms with Gasteiger partial charge in [-0.2, -0.15) is 0 Å². The Morgan fingerprint density at radius 3 is 2.36 bits per heavy atom. The summed E-state index contributed by atoms with van der Waals surface area (Å²) in [6, 6.07) is 9.63. The van der Waals surface area contributed by atoms with Crippen molar-refractivity contribution in [2.75, 3.05) is 0 Å². The molecule has 2 aromatic rings. The van der Waals surface area contributed by atoms with Gasteiger partial charge in [0.2, 0.25) is 0 Å². The molecule has 0 bridgehead atoms. The number of carboxylic acid groups (broad SMARTS) is 1. The molecule has 0 aliphatic heterocycles. The van der Waals surface area contributed by atoms with Gasteiger partial charge in [0, 0.05) is 30.0 Å². The van der Waals surface area contributed by atoms with Gasteiger partial charge in [-0.05, 0) is 24.1 Å². The molecule has 22 heavy (non-hydrogen) atoms. The molecular formula is C17H14F2O3. The maximum absolute atomic E-state index is 13.9. The van der Waals surface area contributed by atoms with Crippen molar-refractivity contribution in [1.29, 1.82) is 0 Å². The van der Waals surface area contributed by atoms with Gasteiger partial charge in [-0.1, -0.05) is 24.3 Å². The molecule has 0 fully saturated rings. The van der Waals surface area contributed by atoms with Crippen LogP contribution in [-0.4, -0.2) is 16.9 Å². The zero-order valence-electron chi connectivity index (χ0n) is 11.7. The van der Waals surface area contributed by atoms with E-state index in [2.05, 4.69) is 0 Å². The number of halogens is 2. The van der Waals surface area contributed by atoms with Gasteiger partial charge in [0.05, 0.1) is 0 Å². The SMILES string of the molecule is O=C(O)CCCC(=O)c1ccccc1-c1ccc(F)cc1F. The van der Waals surface area contributed by atoms with Gasteiger partial charge in [-0.15, -0.1) is 0 Å². The number of hydrogen-bond acceptors (Lipinski definition) is 2. The van der Waals surface area contributed by atoms with Crippen LogP contribution in [0.1, 0.15) is 29.6 Å². The lowest BCUT2D eigenvalue weighted by Crippen LogP contribution is -2.04. The molecule has 0 saturated carbocycles. The van der Waals surface area contributed by atoms with Crippen LogP contribution in [0.15, 0.2) is 42.5 Å². The lowest BCUT2D eigenvalue weighted by Gasteiger charge is -2.09. The van der Waals surface area contributed by atoms with Crippen LogP contribution in [-0.2, 0) is 4.79 Å². The van der Waals surface area contributed by atoms with Crippen LogP contribution in [0, 0.1) is 11.6 Å². The van der Waals surface area contributed by atoms with Crippen LogP contribution in [0.4, 0.5) is 8.78 Å². The van der Waals surface area contributed by atoms with E-state index in [4.69, 9.17) is 5.11 Å². The molecule has 0 saturated heterocycles. The summed E-state index contributed by atoms with van der Waals surface area (Å²) in [6.07, 6.45) is 0.180. The lowest BCUT2D eigenvalue weighted by molar-refractivity contribution is -0.137. The minimum absolute atomic E-state index is 0.0616. The second-order valence-electron chi connectivity index (χ2n) is 4.84. The highest BCUT2D eigenvalue weighted by molar-refractivity contribution is 6.02. The minimum Gasteiger partial charge on any atom is -0.481 e. The first-order valence-corrected chi connectivity index (χ1v) is 6.78. The van der Waals surface area contributed by atoms with Gasteiger partial charge < -0.3 is 5.11 Å². The average molecular weight is 304 g/mol. The van der Waals surface area contributed by atoms with Crippen LogP contribution >= 0.6 is 0 Å². The van der Waals surface area contributed by atoms with E-state index in [1.54, 1.807) is 24.3 Å². The van der Waals surface area contributed by atoms with Crippen molar-refractivity contribution in [3.63, 3.8) is 0 Å². The minimum atomic E-state index is -0.967. The van der Waals surface area contributed by atoms with Crippen molar-refractivity contribution in [2.45, 2.75) is 19.3 Å². The Morgan fingerprint density at radius 1 is 0.955 bits per heavy atom. The Balaban J connectivity index is 2.30. The number of hydrogen-bond donors (Lipinski definition) is 1. The Kier molecular flexibility index (Phi) is 4.99. The Labute approximate surface area is 126 Å². The second-order valence-corrected chi connectivity index (χ2v) is 4.84.